The Morgan fingerprint density at radius 2 is 1.94 bits per heavy atom. The van der Waals surface area contributed by atoms with Crippen molar-refractivity contribution < 1.29 is 4.79 Å². The molecular formula is C15H30N2O. The first-order valence-corrected chi connectivity index (χ1v) is 7.76. The Bertz CT molecular complexity index is 225. The van der Waals surface area contributed by atoms with Crippen molar-refractivity contribution in [1.29, 1.82) is 0 Å². The van der Waals surface area contributed by atoms with Crippen LogP contribution in [0.5, 0.6) is 0 Å². The van der Waals surface area contributed by atoms with Crippen LogP contribution in [0, 0.1) is 5.92 Å². The summed E-state index contributed by atoms with van der Waals surface area (Å²) in [6.45, 7) is 6.55. The molecule has 0 radical (unpaired) electrons. The lowest BCUT2D eigenvalue weighted by Crippen LogP contribution is -2.37. The Morgan fingerprint density at radius 3 is 2.56 bits per heavy atom. The number of rotatable bonds is 8. The van der Waals surface area contributed by atoms with Gasteiger partial charge in [0.25, 0.3) is 0 Å². The smallest absolute Gasteiger partial charge is 0.220 e. The summed E-state index contributed by atoms with van der Waals surface area (Å²) in [5, 5.41) is 6.59. The van der Waals surface area contributed by atoms with E-state index in [1.165, 1.54) is 12.8 Å². The number of nitrogens with one attached hydrogen (secondary N) is 2. The van der Waals surface area contributed by atoms with E-state index in [1.54, 1.807) is 0 Å². The zero-order chi connectivity index (χ0) is 13.2. The molecule has 0 aliphatic carbocycles. The van der Waals surface area contributed by atoms with Crippen LogP contribution in [-0.4, -0.2) is 25.0 Å². The first-order chi connectivity index (χ1) is 8.76. The molecule has 1 amide bonds. The van der Waals surface area contributed by atoms with E-state index in [9.17, 15) is 4.79 Å². The molecule has 0 bridgehead atoms. The summed E-state index contributed by atoms with van der Waals surface area (Å²) in [4.78, 5) is 12.0. The van der Waals surface area contributed by atoms with E-state index >= 15 is 0 Å². The molecular weight excluding hydrogens is 224 g/mol. The maximum atomic E-state index is 12.0. The summed E-state index contributed by atoms with van der Waals surface area (Å²) in [7, 11) is 0. The van der Waals surface area contributed by atoms with E-state index in [2.05, 4.69) is 24.5 Å². The lowest BCUT2D eigenvalue weighted by Gasteiger charge is -2.24. The number of carbonyl (C=O) groups excluding carboxylic acids is 1. The zero-order valence-corrected chi connectivity index (χ0v) is 12.1. The quantitative estimate of drug-likeness (QED) is 0.699. The molecule has 106 valence electrons. The topological polar surface area (TPSA) is 41.1 Å². The van der Waals surface area contributed by atoms with Gasteiger partial charge in [0.15, 0.2) is 0 Å². The Morgan fingerprint density at radius 1 is 1.22 bits per heavy atom. The minimum absolute atomic E-state index is 0.274. The van der Waals surface area contributed by atoms with Crippen LogP contribution in [0.2, 0.25) is 0 Å². The van der Waals surface area contributed by atoms with Gasteiger partial charge >= 0.3 is 0 Å². The molecule has 1 unspecified atom stereocenters. The van der Waals surface area contributed by atoms with Crippen molar-refractivity contribution in [3.8, 4) is 0 Å². The van der Waals surface area contributed by atoms with Crippen LogP contribution in [0.25, 0.3) is 0 Å². The molecule has 1 heterocycles. The molecule has 1 saturated heterocycles. The average molecular weight is 254 g/mol. The van der Waals surface area contributed by atoms with Gasteiger partial charge in [-0.05, 0) is 44.7 Å². The highest BCUT2D eigenvalue weighted by Gasteiger charge is 2.18. The third-order valence-electron chi connectivity index (χ3n) is 3.84. The van der Waals surface area contributed by atoms with Crippen LogP contribution < -0.4 is 10.6 Å². The maximum absolute atomic E-state index is 12.0. The van der Waals surface area contributed by atoms with Crippen molar-refractivity contribution in [3.63, 3.8) is 0 Å². The minimum Gasteiger partial charge on any atom is -0.353 e. The SMILES string of the molecule is CCCCC(CCC)NC(=O)CC1CCNCC1. The highest BCUT2D eigenvalue weighted by Crippen LogP contribution is 2.16. The molecule has 1 aliphatic rings. The molecule has 2 N–H and O–H groups in total. The van der Waals surface area contributed by atoms with Gasteiger partial charge in [-0.1, -0.05) is 33.1 Å². The maximum Gasteiger partial charge on any atom is 0.220 e. The molecule has 1 aliphatic heterocycles. The van der Waals surface area contributed by atoms with Gasteiger partial charge in [0.05, 0.1) is 0 Å². The summed E-state index contributed by atoms with van der Waals surface area (Å²) < 4.78 is 0. The van der Waals surface area contributed by atoms with Gasteiger partial charge in [0.1, 0.15) is 0 Å². The molecule has 0 saturated carbocycles. The largest absolute Gasteiger partial charge is 0.353 e. The molecule has 18 heavy (non-hydrogen) atoms. The van der Waals surface area contributed by atoms with Gasteiger partial charge in [0, 0.05) is 12.5 Å². The number of hydrogen-bond donors (Lipinski definition) is 2. The Balaban J connectivity index is 2.25. The zero-order valence-electron chi connectivity index (χ0n) is 12.1. The Kier molecular flexibility index (Phi) is 8.06. The van der Waals surface area contributed by atoms with E-state index in [0.717, 1.165) is 51.6 Å². The van der Waals surface area contributed by atoms with Crippen molar-refractivity contribution in [1.82, 2.24) is 10.6 Å². The van der Waals surface area contributed by atoms with Gasteiger partial charge < -0.3 is 10.6 Å². The fourth-order valence-electron chi connectivity index (χ4n) is 2.72. The van der Waals surface area contributed by atoms with E-state index < -0.39 is 0 Å². The van der Waals surface area contributed by atoms with Gasteiger partial charge in [0.2, 0.25) is 5.91 Å². The summed E-state index contributed by atoms with van der Waals surface area (Å²) in [5.41, 5.74) is 0. The molecule has 0 aromatic rings. The summed E-state index contributed by atoms with van der Waals surface area (Å²) in [6, 6.07) is 0.407. The van der Waals surface area contributed by atoms with Crippen LogP contribution in [0.3, 0.4) is 0 Å². The van der Waals surface area contributed by atoms with Crippen LogP contribution in [0.1, 0.15) is 65.2 Å². The normalized spacial score (nSPS) is 18.6. The summed E-state index contributed by atoms with van der Waals surface area (Å²) in [6.07, 6.45) is 8.89. The molecule has 1 atom stereocenters. The monoisotopic (exact) mass is 254 g/mol. The van der Waals surface area contributed by atoms with E-state index in [1.807, 2.05) is 0 Å². The molecule has 0 aromatic heterocycles. The third kappa shape index (κ3) is 6.39. The average Bonchev–Trinajstić information content (AvgIpc) is 2.37. The fraction of sp³-hybridized carbons (Fsp3) is 0.933. The minimum atomic E-state index is 0.274. The van der Waals surface area contributed by atoms with Gasteiger partial charge in [-0.3, -0.25) is 4.79 Å². The molecule has 1 rings (SSSR count). The van der Waals surface area contributed by atoms with Gasteiger partial charge in [-0.2, -0.15) is 0 Å². The first kappa shape index (κ1) is 15.5. The molecule has 3 nitrogen and oxygen atoms in total. The van der Waals surface area contributed by atoms with E-state index in [4.69, 9.17) is 0 Å². The van der Waals surface area contributed by atoms with Crippen molar-refractivity contribution >= 4 is 5.91 Å². The van der Waals surface area contributed by atoms with E-state index in [0.29, 0.717) is 12.0 Å². The second-order valence-corrected chi connectivity index (χ2v) is 5.59. The highest BCUT2D eigenvalue weighted by atomic mass is 16.1. The predicted octanol–water partition coefficient (Wildman–Crippen LogP) is 2.85. The summed E-state index contributed by atoms with van der Waals surface area (Å²) >= 11 is 0. The first-order valence-electron chi connectivity index (χ1n) is 7.76. The number of unbranched alkanes of at least 4 members (excludes halogenated alkanes) is 1. The van der Waals surface area contributed by atoms with Gasteiger partial charge in [-0.25, -0.2) is 0 Å². The number of hydrogen-bond acceptors (Lipinski definition) is 2. The van der Waals surface area contributed by atoms with Gasteiger partial charge in [-0.15, -0.1) is 0 Å². The van der Waals surface area contributed by atoms with Crippen LogP contribution in [-0.2, 0) is 4.79 Å². The standard InChI is InChI=1S/C15H30N2O/c1-3-5-7-14(6-4-2)17-15(18)12-13-8-10-16-11-9-13/h13-14,16H,3-12H2,1-2H3,(H,17,18). The summed E-state index contributed by atoms with van der Waals surface area (Å²) in [5.74, 6) is 0.871. The lowest BCUT2D eigenvalue weighted by atomic mass is 9.94. The molecule has 0 spiro atoms. The van der Waals surface area contributed by atoms with Crippen LogP contribution >= 0.6 is 0 Å². The lowest BCUT2D eigenvalue weighted by molar-refractivity contribution is -0.123. The molecule has 0 aromatic carbocycles. The third-order valence-corrected chi connectivity index (χ3v) is 3.84. The van der Waals surface area contributed by atoms with Crippen molar-refractivity contribution in [2.75, 3.05) is 13.1 Å². The van der Waals surface area contributed by atoms with E-state index in [-0.39, 0.29) is 5.91 Å². The van der Waals surface area contributed by atoms with Crippen LogP contribution in [0.4, 0.5) is 0 Å². The molecule has 3 heteroatoms. The van der Waals surface area contributed by atoms with Crippen LogP contribution in [0.15, 0.2) is 0 Å². The Labute approximate surface area is 112 Å². The second-order valence-electron chi connectivity index (χ2n) is 5.59. The highest BCUT2D eigenvalue weighted by molar-refractivity contribution is 5.76. The van der Waals surface area contributed by atoms with Crippen molar-refractivity contribution in [2.24, 2.45) is 5.92 Å². The number of amides is 1. The van der Waals surface area contributed by atoms with Crippen molar-refractivity contribution in [2.45, 2.75) is 71.3 Å². The Hall–Kier alpha value is -0.570. The fourth-order valence-corrected chi connectivity index (χ4v) is 2.72. The number of piperidine rings is 1. The second kappa shape index (κ2) is 9.37. The predicted molar refractivity (Wildman–Crippen MR) is 76.6 cm³/mol. The number of carbonyl (C=O) groups is 1. The van der Waals surface area contributed by atoms with Crippen molar-refractivity contribution in [3.05, 3.63) is 0 Å². The molecule has 1 fully saturated rings.